The Hall–Kier alpha value is -0.160. The van der Waals surface area contributed by atoms with E-state index in [1.54, 1.807) is 0 Å². The predicted molar refractivity (Wildman–Crippen MR) is 67.4 cm³/mol. The van der Waals surface area contributed by atoms with Gasteiger partial charge >= 0.3 is 0 Å². The van der Waals surface area contributed by atoms with Crippen LogP contribution in [0.5, 0.6) is 0 Å². The smallest absolute Gasteiger partial charge is 0.0468 e. The van der Waals surface area contributed by atoms with Crippen LogP contribution in [0.2, 0.25) is 0 Å². The van der Waals surface area contributed by atoms with Gasteiger partial charge in [-0.3, -0.25) is 0 Å². The average molecular weight is 229 g/mol. The van der Waals surface area contributed by atoms with Crippen LogP contribution in [0.3, 0.4) is 0 Å². The topological polar surface area (TPSA) is 52.7 Å². The van der Waals surface area contributed by atoms with Crippen LogP contribution in [-0.2, 0) is 0 Å². The zero-order chi connectivity index (χ0) is 11.8. The van der Waals surface area contributed by atoms with E-state index in [4.69, 9.17) is 10.8 Å². The number of aliphatic hydroxyl groups excluding tert-OH is 1. The van der Waals surface area contributed by atoms with Gasteiger partial charge in [0, 0.05) is 26.2 Å². The molecule has 16 heavy (non-hydrogen) atoms. The van der Waals surface area contributed by atoms with Gasteiger partial charge in [0.15, 0.2) is 0 Å². The Balaban J connectivity index is 2.23. The van der Waals surface area contributed by atoms with E-state index in [0.717, 1.165) is 39.1 Å². The second-order valence-electron chi connectivity index (χ2n) is 4.93. The summed E-state index contributed by atoms with van der Waals surface area (Å²) >= 11 is 0. The molecule has 0 aromatic carbocycles. The van der Waals surface area contributed by atoms with Crippen LogP contribution in [0.25, 0.3) is 0 Å². The van der Waals surface area contributed by atoms with Crippen LogP contribution in [0, 0.1) is 5.92 Å². The molecule has 1 aliphatic rings. The van der Waals surface area contributed by atoms with Crippen molar-refractivity contribution in [3.05, 3.63) is 0 Å². The van der Waals surface area contributed by atoms with Crippen LogP contribution >= 0.6 is 0 Å². The molecule has 4 nitrogen and oxygen atoms in total. The highest BCUT2D eigenvalue weighted by Gasteiger charge is 2.15. The standard InChI is InChI=1S/C12H27N3O/c1-12(11-16)10-15-7-3-6-14(8-9-15)5-2-4-13/h12,16H,2-11,13H2,1H3. The summed E-state index contributed by atoms with van der Waals surface area (Å²) < 4.78 is 0. The molecule has 0 spiro atoms. The average Bonchev–Trinajstić information content (AvgIpc) is 2.52. The SMILES string of the molecule is CC(CO)CN1CCCN(CCCN)CC1. The molecule has 0 radical (unpaired) electrons. The summed E-state index contributed by atoms with van der Waals surface area (Å²) in [6.45, 7) is 10.0. The molecule has 1 rings (SSSR count). The lowest BCUT2D eigenvalue weighted by Crippen LogP contribution is -2.34. The first-order valence-corrected chi connectivity index (χ1v) is 6.52. The lowest BCUT2D eigenvalue weighted by molar-refractivity contribution is 0.174. The maximum atomic E-state index is 9.05. The van der Waals surface area contributed by atoms with Crippen molar-refractivity contribution in [1.82, 2.24) is 9.80 Å². The molecule has 0 amide bonds. The number of rotatable bonds is 6. The van der Waals surface area contributed by atoms with E-state index in [-0.39, 0.29) is 0 Å². The molecule has 96 valence electrons. The van der Waals surface area contributed by atoms with Gasteiger partial charge in [-0.15, -0.1) is 0 Å². The van der Waals surface area contributed by atoms with Gasteiger partial charge in [0.1, 0.15) is 0 Å². The van der Waals surface area contributed by atoms with E-state index in [1.165, 1.54) is 19.5 Å². The van der Waals surface area contributed by atoms with Gasteiger partial charge in [-0.2, -0.15) is 0 Å². The van der Waals surface area contributed by atoms with Crippen molar-refractivity contribution in [3.8, 4) is 0 Å². The highest BCUT2D eigenvalue weighted by molar-refractivity contribution is 4.71. The number of hydrogen-bond acceptors (Lipinski definition) is 4. The molecule has 1 unspecified atom stereocenters. The van der Waals surface area contributed by atoms with Gasteiger partial charge < -0.3 is 20.6 Å². The molecule has 1 saturated heterocycles. The van der Waals surface area contributed by atoms with E-state index in [2.05, 4.69) is 16.7 Å². The van der Waals surface area contributed by atoms with Gasteiger partial charge in [-0.25, -0.2) is 0 Å². The van der Waals surface area contributed by atoms with Crippen LogP contribution in [0.1, 0.15) is 19.8 Å². The number of nitrogens with two attached hydrogens (primary N) is 1. The largest absolute Gasteiger partial charge is 0.396 e. The minimum atomic E-state index is 0.299. The molecule has 1 aliphatic heterocycles. The summed E-state index contributed by atoms with van der Waals surface area (Å²) in [5, 5.41) is 9.05. The first kappa shape index (κ1) is 13.9. The molecule has 0 saturated carbocycles. The normalized spacial score (nSPS) is 21.9. The molecule has 1 fully saturated rings. The lowest BCUT2D eigenvalue weighted by Gasteiger charge is -2.23. The Kier molecular flexibility index (Phi) is 6.96. The van der Waals surface area contributed by atoms with Gasteiger partial charge in [0.05, 0.1) is 0 Å². The van der Waals surface area contributed by atoms with E-state index in [1.807, 2.05) is 0 Å². The monoisotopic (exact) mass is 229 g/mol. The van der Waals surface area contributed by atoms with Gasteiger partial charge in [0.2, 0.25) is 0 Å². The molecule has 0 aromatic heterocycles. The molecule has 0 aliphatic carbocycles. The zero-order valence-corrected chi connectivity index (χ0v) is 10.6. The van der Waals surface area contributed by atoms with Crippen molar-refractivity contribution >= 4 is 0 Å². The highest BCUT2D eigenvalue weighted by Crippen LogP contribution is 2.06. The summed E-state index contributed by atoms with van der Waals surface area (Å²) in [6, 6.07) is 0. The molecule has 0 bridgehead atoms. The third-order valence-electron chi connectivity index (χ3n) is 3.24. The maximum Gasteiger partial charge on any atom is 0.0468 e. The quantitative estimate of drug-likeness (QED) is 0.672. The van der Waals surface area contributed by atoms with E-state index in [0.29, 0.717) is 12.5 Å². The van der Waals surface area contributed by atoms with E-state index >= 15 is 0 Å². The first-order valence-electron chi connectivity index (χ1n) is 6.52. The molecule has 4 heteroatoms. The molecule has 1 atom stereocenters. The molecule has 3 N–H and O–H groups in total. The molecule has 1 heterocycles. The zero-order valence-electron chi connectivity index (χ0n) is 10.6. The fourth-order valence-corrected chi connectivity index (χ4v) is 2.24. The van der Waals surface area contributed by atoms with Gasteiger partial charge in [-0.1, -0.05) is 6.92 Å². The molecular formula is C12H27N3O. The summed E-state index contributed by atoms with van der Waals surface area (Å²) in [6.07, 6.45) is 2.34. The van der Waals surface area contributed by atoms with Gasteiger partial charge in [0.25, 0.3) is 0 Å². The van der Waals surface area contributed by atoms with E-state index < -0.39 is 0 Å². The van der Waals surface area contributed by atoms with Crippen molar-refractivity contribution in [1.29, 1.82) is 0 Å². The Bertz CT molecular complexity index is 178. The first-order chi connectivity index (χ1) is 7.76. The third-order valence-corrected chi connectivity index (χ3v) is 3.24. The Morgan fingerprint density at radius 1 is 1.19 bits per heavy atom. The third kappa shape index (κ3) is 5.25. The summed E-state index contributed by atoms with van der Waals surface area (Å²) in [5.74, 6) is 0.399. The minimum Gasteiger partial charge on any atom is -0.396 e. The van der Waals surface area contributed by atoms with Crippen LogP contribution in [-0.4, -0.2) is 67.3 Å². The van der Waals surface area contributed by atoms with Crippen molar-refractivity contribution in [2.75, 3.05) is 52.4 Å². The van der Waals surface area contributed by atoms with Crippen LogP contribution in [0.4, 0.5) is 0 Å². The Morgan fingerprint density at radius 2 is 1.88 bits per heavy atom. The summed E-state index contributed by atoms with van der Waals surface area (Å²) in [7, 11) is 0. The van der Waals surface area contributed by atoms with Crippen molar-refractivity contribution in [2.24, 2.45) is 11.7 Å². The van der Waals surface area contributed by atoms with Crippen molar-refractivity contribution in [2.45, 2.75) is 19.8 Å². The number of hydrogen-bond donors (Lipinski definition) is 2. The van der Waals surface area contributed by atoms with Gasteiger partial charge in [-0.05, 0) is 44.9 Å². The maximum absolute atomic E-state index is 9.05. The fraction of sp³-hybridized carbons (Fsp3) is 1.00. The number of nitrogens with zero attached hydrogens (tertiary/aromatic N) is 2. The Morgan fingerprint density at radius 3 is 2.56 bits per heavy atom. The fourth-order valence-electron chi connectivity index (χ4n) is 2.24. The summed E-state index contributed by atoms with van der Waals surface area (Å²) in [5.41, 5.74) is 5.53. The second kappa shape index (κ2) is 8.01. The molecular weight excluding hydrogens is 202 g/mol. The second-order valence-corrected chi connectivity index (χ2v) is 4.93. The van der Waals surface area contributed by atoms with Crippen LogP contribution < -0.4 is 5.73 Å². The van der Waals surface area contributed by atoms with Crippen molar-refractivity contribution in [3.63, 3.8) is 0 Å². The molecule has 0 aromatic rings. The minimum absolute atomic E-state index is 0.299. The van der Waals surface area contributed by atoms with Crippen molar-refractivity contribution < 1.29 is 5.11 Å². The summed E-state index contributed by atoms with van der Waals surface area (Å²) in [4.78, 5) is 4.99. The number of aliphatic hydroxyl groups is 1. The Labute approximate surface area is 99.4 Å². The highest BCUT2D eigenvalue weighted by atomic mass is 16.3. The van der Waals surface area contributed by atoms with Crippen LogP contribution in [0.15, 0.2) is 0 Å². The van der Waals surface area contributed by atoms with E-state index in [9.17, 15) is 0 Å². The lowest BCUT2D eigenvalue weighted by atomic mass is 10.2. The predicted octanol–water partition coefficient (Wildman–Crippen LogP) is -0.0287.